The van der Waals surface area contributed by atoms with E-state index in [4.69, 9.17) is 9.47 Å². The van der Waals surface area contributed by atoms with Crippen LogP contribution in [0.1, 0.15) is 29.1 Å². The molecule has 0 unspecified atom stereocenters. The third-order valence-corrected chi connectivity index (χ3v) is 6.08. The zero-order valence-electron chi connectivity index (χ0n) is 19.0. The van der Waals surface area contributed by atoms with E-state index in [2.05, 4.69) is 10.3 Å². The smallest absolute Gasteiger partial charge is 0.260 e. The summed E-state index contributed by atoms with van der Waals surface area (Å²) in [6, 6.07) is 14.5. The van der Waals surface area contributed by atoms with Crippen molar-refractivity contribution in [2.75, 3.05) is 25.0 Å². The van der Waals surface area contributed by atoms with Gasteiger partial charge in [-0.25, -0.2) is 4.98 Å². The molecule has 1 aromatic heterocycles. The van der Waals surface area contributed by atoms with Crippen molar-refractivity contribution < 1.29 is 19.1 Å². The van der Waals surface area contributed by atoms with Gasteiger partial charge in [-0.15, -0.1) is 11.3 Å². The summed E-state index contributed by atoms with van der Waals surface area (Å²) in [6.07, 6.45) is 5.28. The Morgan fingerprint density at radius 3 is 2.62 bits per heavy atom. The van der Waals surface area contributed by atoms with Crippen LogP contribution >= 0.6 is 11.3 Å². The molecule has 2 heterocycles. The molecule has 1 fully saturated rings. The van der Waals surface area contributed by atoms with Crippen LogP contribution < -0.4 is 14.8 Å². The van der Waals surface area contributed by atoms with Crippen molar-refractivity contribution in [3.8, 4) is 11.5 Å². The van der Waals surface area contributed by atoms with Crippen LogP contribution in [-0.4, -0.2) is 41.4 Å². The fraction of sp³-hybridized carbons (Fsp3) is 0.269. The molecule has 0 aliphatic carbocycles. The number of nitrogens with one attached hydrogen (secondary N) is 1. The van der Waals surface area contributed by atoms with E-state index in [1.165, 1.54) is 6.08 Å². The first kappa shape index (κ1) is 23.5. The minimum atomic E-state index is -0.269. The van der Waals surface area contributed by atoms with Crippen molar-refractivity contribution in [3.63, 3.8) is 0 Å². The van der Waals surface area contributed by atoms with E-state index in [9.17, 15) is 9.59 Å². The second kappa shape index (κ2) is 11.5. The summed E-state index contributed by atoms with van der Waals surface area (Å²) in [6.45, 7) is 3.96. The van der Waals surface area contributed by atoms with Crippen LogP contribution in [0.5, 0.6) is 11.5 Å². The van der Waals surface area contributed by atoms with Gasteiger partial charge >= 0.3 is 0 Å². The predicted molar refractivity (Wildman–Crippen MR) is 133 cm³/mol. The van der Waals surface area contributed by atoms with Crippen LogP contribution in [0.4, 0.5) is 5.69 Å². The van der Waals surface area contributed by atoms with Gasteiger partial charge in [-0.2, -0.15) is 0 Å². The molecule has 34 heavy (non-hydrogen) atoms. The Hall–Kier alpha value is -3.65. The standard InChI is InChI=1S/C26H27N3O4S/c1-19-27-22(18-34-19)16-32-23-8-4-6-20(14-23)10-11-25(30)28-21-7-5-9-24(15-21)33-17-26(31)29-12-2-3-13-29/h4-11,14-15,18H,2-3,12-13,16-17H2,1H3,(H,28,30)/b11-10+. The van der Waals surface area contributed by atoms with Crippen molar-refractivity contribution in [2.24, 2.45) is 0 Å². The van der Waals surface area contributed by atoms with Crippen LogP contribution in [0.2, 0.25) is 0 Å². The lowest BCUT2D eigenvalue weighted by atomic mass is 10.2. The average Bonchev–Trinajstić information content (AvgIpc) is 3.53. The Balaban J connectivity index is 1.28. The second-order valence-corrected chi connectivity index (χ2v) is 9.01. The van der Waals surface area contributed by atoms with Crippen molar-refractivity contribution in [2.45, 2.75) is 26.4 Å². The molecule has 0 spiro atoms. The Bertz CT molecular complexity index is 1170. The monoisotopic (exact) mass is 477 g/mol. The number of likely N-dealkylation sites (tertiary alicyclic amines) is 1. The third-order valence-electron chi connectivity index (χ3n) is 5.26. The first-order chi connectivity index (χ1) is 16.5. The lowest BCUT2D eigenvalue weighted by Crippen LogP contribution is -2.32. The number of rotatable bonds is 9. The van der Waals surface area contributed by atoms with Crippen LogP contribution in [0.3, 0.4) is 0 Å². The molecule has 2 amide bonds. The largest absolute Gasteiger partial charge is 0.487 e. The summed E-state index contributed by atoms with van der Waals surface area (Å²) in [5.41, 5.74) is 2.34. The maximum absolute atomic E-state index is 12.4. The first-order valence-electron chi connectivity index (χ1n) is 11.2. The van der Waals surface area contributed by atoms with Gasteiger partial charge < -0.3 is 19.7 Å². The molecule has 8 heteroatoms. The Labute approximate surface area is 203 Å². The summed E-state index contributed by atoms with van der Waals surface area (Å²) >= 11 is 1.59. The van der Waals surface area contributed by atoms with E-state index in [0.717, 1.165) is 42.2 Å². The van der Waals surface area contributed by atoms with E-state index in [-0.39, 0.29) is 18.4 Å². The highest BCUT2D eigenvalue weighted by Gasteiger charge is 2.18. The highest BCUT2D eigenvalue weighted by molar-refractivity contribution is 7.09. The molecule has 3 aromatic rings. The molecular formula is C26H27N3O4S. The first-order valence-corrected chi connectivity index (χ1v) is 12.1. The Kier molecular flexibility index (Phi) is 7.93. The van der Waals surface area contributed by atoms with E-state index in [1.807, 2.05) is 41.5 Å². The normalized spacial score (nSPS) is 13.3. The average molecular weight is 478 g/mol. The van der Waals surface area contributed by atoms with Crippen LogP contribution in [-0.2, 0) is 16.2 Å². The molecule has 0 atom stereocenters. The number of benzene rings is 2. The minimum Gasteiger partial charge on any atom is -0.487 e. The molecule has 1 aliphatic heterocycles. The molecule has 0 radical (unpaired) electrons. The van der Waals surface area contributed by atoms with Gasteiger partial charge in [0.25, 0.3) is 5.91 Å². The molecule has 1 N–H and O–H groups in total. The number of hydrogen-bond donors (Lipinski definition) is 1. The SMILES string of the molecule is Cc1nc(COc2cccc(/C=C/C(=O)Nc3cccc(OCC(=O)N4CCCC4)c3)c2)cs1. The van der Waals surface area contributed by atoms with Crippen LogP contribution in [0.25, 0.3) is 6.08 Å². The number of amides is 2. The van der Waals surface area contributed by atoms with E-state index in [0.29, 0.717) is 23.8 Å². The quantitative estimate of drug-likeness (QED) is 0.453. The van der Waals surface area contributed by atoms with E-state index < -0.39 is 0 Å². The Morgan fingerprint density at radius 2 is 1.85 bits per heavy atom. The van der Waals surface area contributed by atoms with Gasteiger partial charge in [0.15, 0.2) is 6.61 Å². The minimum absolute atomic E-state index is 0.00219. The van der Waals surface area contributed by atoms with Gasteiger partial charge in [0.05, 0.1) is 10.7 Å². The highest BCUT2D eigenvalue weighted by atomic mass is 32.1. The third kappa shape index (κ3) is 6.92. The van der Waals surface area contributed by atoms with Gasteiger partial charge in [-0.05, 0) is 55.7 Å². The fourth-order valence-electron chi connectivity index (χ4n) is 3.56. The molecular weight excluding hydrogens is 450 g/mol. The number of thiazole rings is 1. The lowest BCUT2D eigenvalue weighted by molar-refractivity contribution is -0.132. The van der Waals surface area contributed by atoms with Crippen LogP contribution in [0.15, 0.2) is 60.0 Å². The zero-order valence-corrected chi connectivity index (χ0v) is 19.8. The summed E-state index contributed by atoms with van der Waals surface area (Å²) in [4.78, 5) is 30.8. The van der Waals surface area contributed by atoms with Crippen molar-refractivity contribution in [3.05, 3.63) is 76.3 Å². The molecule has 4 rings (SSSR count). The molecule has 0 saturated carbocycles. The summed E-state index contributed by atoms with van der Waals surface area (Å²) in [5.74, 6) is 0.966. The van der Waals surface area contributed by atoms with Crippen molar-refractivity contribution in [1.82, 2.24) is 9.88 Å². The van der Waals surface area contributed by atoms with Crippen LogP contribution in [0, 0.1) is 6.92 Å². The van der Waals surface area contributed by atoms with E-state index in [1.54, 1.807) is 41.7 Å². The van der Waals surface area contributed by atoms with Gasteiger partial charge in [-0.3, -0.25) is 9.59 Å². The van der Waals surface area contributed by atoms with E-state index >= 15 is 0 Å². The fourth-order valence-corrected chi connectivity index (χ4v) is 4.16. The number of carbonyl (C=O) groups excluding carboxylic acids is 2. The molecule has 176 valence electrons. The number of hydrogen-bond acceptors (Lipinski definition) is 6. The summed E-state index contributed by atoms with van der Waals surface area (Å²) in [5, 5.41) is 5.81. The number of anilines is 1. The highest BCUT2D eigenvalue weighted by Crippen LogP contribution is 2.19. The lowest BCUT2D eigenvalue weighted by Gasteiger charge is -2.15. The van der Waals surface area contributed by atoms with Crippen molar-refractivity contribution >= 4 is 34.9 Å². The molecule has 2 aromatic carbocycles. The van der Waals surface area contributed by atoms with Gasteiger partial charge in [-0.1, -0.05) is 18.2 Å². The summed E-state index contributed by atoms with van der Waals surface area (Å²) in [7, 11) is 0. The maximum Gasteiger partial charge on any atom is 0.260 e. The molecule has 7 nitrogen and oxygen atoms in total. The number of carbonyl (C=O) groups is 2. The zero-order chi connectivity index (χ0) is 23.8. The predicted octanol–water partition coefficient (Wildman–Crippen LogP) is 4.68. The van der Waals surface area contributed by atoms with Gasteiger partial charge in [0, 0.05) is 36.3 Å². The summed E-state index contributed by atoms with van der Waals surface area (Å²) < 4.78 is 11.4. The molecule has 0 bridgehead atoms. The number of aryl methyl sites for hydroxylation is 1. The number of ether oxygens (including phenoxy) is 2. The van der Waals surface area contributed by atoms with Gasteiger partial charge in [0.1, 0.15) is 18.1 Å². The maximum atomic E-state index is 12.4. The number of nitrogens with zero attached hydrogens (tertiary/aromatic N) is 2. The second-order valence-electron chi connectivity index (χ2n) is 7.95. The topological polar surface area (TPSA) is 80.8 Å². The number of aromatic nitrogens is 1. The molecule has 1 aliphatic rings. The van der Waals surface area contributed by atoms with Crippen molar-refractivity contribution in [1.29, 1.82) is 0 Å². The van der Waals surface area contributed by atoms with Gasteiger partial charge in [0.2, 0.25) is 5.91 Å². The Morgan fingerprint density at radius 1 is 1.09 bits per heavy atom. The molecule has 1 saturated heterocycles.